The van der Waals surface area contributed by atoms with Crippen LogP contribution >= 0.6 is 0 Å². The van der Waals surface area contributed by atoms with Gasteiger partial charge in [-0.05, 0) is 45.4 Å². The number of carbonyl (C=O) groups is 1. The molecule has 3 N–H and O–H groups in total. The maximum Gasteiger partial charge on any atom is 0.227 e. The summed E-state index contributed by atoms with van der Waals surface area (Å²) in [6.45, 7) is 7.72. The molecule has 0 spiro atoms. The first-order chi connectivity index (χ1) is 8.68. The van der Waals surface area contributed by atoms with Gasteiger partial charge in [0.1, 0.15) is 0 Å². The van der Waals surface area contributed by atoms with Crippen LogP contribution in [0.4, 0.5) is 0 Å². The van der Waals surface area contributed by atoms with E-state index >= 15 is 0 Å². The van der Waals surface area contributed by atoms with Gasteiger partial charge >= 0.3 is 0 Å². The Labute approximate surface area is 114 Å². The molecule has 19 heavy (non-hydrogen) atoms. The van der Waals surface area contributed by atoms with E-state index in [9.17, 15) is 4.79 Å². The first kappa shape index (κ1) is 15.2. The molecule has 1 rings (SSSR count). The monoisotopic (exact) mass is 259 g/mol. The number of rotatable bonds is 4. The summed E-state index contributed by atoms with van der Waals surface area (Å²) in [5.74, 6) is -0.0950. The molecule has 102 valence electrons. The Morgan fingerprint density at radius 1 is 1.37 bits per heavy atom. The lowest BCUT2D eigenvalue weighted by molar-refractivity contribution is -0.132. The number of nitrogens with one attached hydrogen (secondary N) is 1. The number of benzene rings is 1. The molecule has 0 aliphatic carbocycles. The molecule has 0 saturated carbocycles. The number of nitrogens with zero attached hydrogens (tertiary/aromatic N) is 1. The summed E-state index contributed by atoms with van der Waals surface area (Å²) in [6.07, 6.45) is 0. The average Bonchev–Trinajstić information content (AvgIpc) is 2.34. The summed E-state index contributed by atoms with van der Waals surface area (Å²) in [5.41, 5.74) is 6.24. The van der Waals surface area contributed by atoms with Crippen molar-refractivity contribution in [3.8, 4) is 6.07 Å². The third kappa shape index (κ3) is 3.55. The molecule has 0 unspecified atom stereocenters. The maximum atomic E-state index is 12.2. The van der Waals surface area contributed by atoms with Crippen molar-refractivity contribution >= 4 is 5.91 Å². The Kier molecular flexibility index (Phi) is 4.33. The van der Waals surface area contributed by atoms with Crippen LogP contribution in [0.3, 0.4) is 0 Å². The van der Waals surface area contributed by atoms with Crippen LogP contribution in [0.2, 0.25) is 0 Å². The van der Waals surface area contributed by atoms with Gasteiger partial charge in [-0.3, -0.25) is 4.79 Å². The van der Waals surface area contributed by atoms with Crippen molar-refractivity contribution in [3.63, 3.8) is 0 Å². The third-order valence-electron chi connectivity index (χ3n) is 3.69. The van der Waals surface area contributed by atoms with E-state index in [0.717, 1.165) is 5.56 Å². The highest BCUT2D eigenvalue weighted by atomic mass is 16.2. The molecular formula is C15H21N3O. The molecule has 1 amide bonds. The lowest BCUT2D eigenvalue weighted by Gasteiger charge is -2.36. The standard InChI is InChI=1S/C15H21N3O/c1-14(2,15(3,4)17)13(19)18-10-12-7-5-6-11(8-12)9-16/h5-8H,10,17H2,1-4H3,(H,18,19). The topological polar surface area (TPSA) is 78.9 Å². The Balaban J connectivity index is 2.72. The molecule has 0 saturated heterocycles. The molecule has 0 fully saturated rings. The Morgan fingerprint density at radius 2 is 2.00 bits per heavy atom. The third-order valence-corrected chi connectivity index (χ3v) is 3.69. The second-order valence-corrected chi connectivity index (χ2v) is 5.84. The van der Waals surface area contributed by atoms with E-state index in [1.54, 1.807) is 18.2 Å². The van der Waals surface area contributed by atoms with Crippen molar-refractivity contribution in [3.05, 3.63) is 35.4 Å². The fourth-order valence-corrected chi connectivity index (χ4v) is 1.45. The van der Waals surface area contributed by atoms with Gasteiger partial charge in [-0.15, -0.1) is 0 Å². The van der Waals surface area contributed by atoms with Gasteiger partial charge < -0.3 is 11.1 Å². The fraction of sp³-hybridized carbons (Fsp3) is 0.467. The van der Waals surface area contributed by atoms with E-state index in [1.807, 2.05) is 33.8 Å². The van der Waals surface area contributed by atoms with Gasteiger partial charge in [-0.25, -0.2) is 0 Å². The molecule has 1 aromatic carbocycles. The largest absolute Gasteiger partial charge is 0.352 e. The molecule has 0 aliphatic heterocycles. The second kappa shape index (κ2) is 5.41. The number of nitriles is 1. The smallest absolute Gasteiger partial charge is 0.227 e. The van der Waals surface area contributed by atoms with Gasteiger partial charge in [0.15, 0.2) is 0 Å². The van der Waals surface area contributed by atoms with Crippen LogP contribution in [0.25, 0.3) is 0 Å². The number of carbonyl (C=O) groups excluding carboxylic acids is 1. The van der Waals surface area contributed by atoms with Gasteiger partial charge in [0, 0.05) is 12.1 Å². The summed E-state index contributed by atoms with van der Waals surface area (Å²) in [7, 11) is 0. The molecule has 4 nitrogen and oxygen atoms in total. The van der Waals surface area contributed by atoms with Crippen LogP contribution in [0.15, 0.2) is 24.3 Å². The lowest BCUT2D eigenvalue weighted by atomic mass is 9.74. The van der Waals surface area contributed by atoms with Gasteiger partial charge in [0.2, 0.25) is 5.91 Å². The van der Waals surface area contributed by atoms with Crippen LogP contribution in [-0.2, 0) is 11.3 Å². The maximum absolute atomic E-state index is 12.2. The summed E-state index contributed by atoms with van der Waals surface area (Å²) in [4.78, 5) is 12.2. The molecule has 0 radical (unpaired) electrons. The minimum atomic E-state index is -0.667. The van der Waals surface area contributed by atoms with Gasteiger partial charge in [0.05, 0.1) is 17.0 Å². The molecule has 0 aromatic heterocycles. The number of hydrogen-bond acceptors (Lipinski definition) is 3. The predicted octanol–water partition coefficient (Wildman–Crippen LogP) is 1.94. The number of hydrogen-bond donors (Lipinski definition) is 2. The minimum absolute atomic E-state index is 0.0950. The normalized spacial score (nSPS) is 11.8. The van der Waals surface area contributed by atoms with Gasteiger partial charge in [0.25, 0.3) is 0 Å². The van der Waals surface area contributed by atoms with Crippen molar-refractivity contribution in [2.24, 2.45) is 11.1 Å². The zero-order chi connectivity index (χ0) is 14.7. The van der Waals surface area contributed by atoms with Crippen molar-refractivity contribution < 1.29 is 4.79 Å². The fourth-order valence-electron chi connectivity index (χ4n) is 1.45. The lowest BCUT2D eigenvalue weighted by Crippen LogP contribution is -2.55. The van der Waals surface area contributed by atoms with E-state index in [4.69, 9.17) is 11.0 Å². The predicted molar refractivity (Wildman–Crippen MR) is 75.1 cm³/mol. The first-order valence-corrected chi connectivity index (χ1v) is 6.24. The Bertz CT molecular complexity index is 507. The number of nitrogens with two attached hydrogens (primary N) is 1. The van der Waals surface area contributed by atoms with E-state index < -0.39 is 11.0 Å². The van der Waals surface area contributed by atoms with Gasteiger partial charge in [-0.2, -0.15) is 5.26 Å². The van der Waals surface area contributed by atoms with Crippen molar-refractivity contribution in [2.45, 2.75) is 39.8 Å². The van der Waals surface area contributed by atoms with Crippen LogP contribution < -0.4 is 11.1 Å². The van der Waals surface area contributed by atoms with Crippen molar-refractivity contribution in [2.75, 3.05) is 0 Å². The summed E-state index contributed by atoms with van der Waals surface area (Å²) in [6, 6.07) is 9.26. The van der Waals surface area contributed by atoms with Crippen LogP contribution in [0.5, 0.6) is 0 Å². The SMILES string of the molecule is CC(C)(N)C(C)(C)C(=O)NCc1cccc(C#N)c1. The van der Waals surface area contributed by atoms with E-state index in [1.165, 1.54) is 0 Å². The summed E-state index contributed by atoms with van der Waals surface area (Å²) < 4.78 is 0. The minimum Gasteiger partial charge on any atom is -0.352 e. The van der Waals surface area contributed by atoms with E-state index in [2.05, 4.69) is 11.4 Å². The second-order valence-electron chi connectivity index (χ2n) is 5.84. The molecule has 1 aromatic rings. The van der Waals surface area contributed by atoms with Crippen LogP contribution in [0.1, 0.15) is 38.8 Å². The molecule has 0 atom stereocenters. The highest BCUT2D eigenvalue weighted by molar-refractivity contribution is 5.83. The molecular weight excluding hydrogens is 238 g/mol. The Morgan fingerprint density at radius 3 is 2.53 bits per heavy atom. The van der Waals surface area contributed by atoms with Crippen LogP contribution in [0, 0.1) is 16.7 Å². The van der Waals surface area contributed by atoms with Crippen LogP contribution in [-0.4, -0.2) is 11.4 Å². The number of amides is 1. The zero-order valence-corrected chi connectivity index (χ0v) is 11.9. The molecule has 4 heteroatoms. The quantitative estimate of drug-likeness (QED) is 0.867. The van der Waals surface area contributed by atoms with E-state index in [-0.39, 0.29) is 5.91 Å². The Hall–Kier alpha value is -1.86. The molecule has 0 aliphatic rings. The summed E-state index contributed by atoms with van der Waals surface area (Å²) in [5, 5.41) is 11.7. The van der Waals surface area contributed by atoms with E-state index in [0.29, 0.717) is 12.1 Å². The van der Waals surface area contributed by atoms with Crippen molar-refractivity contribution in [1.82, 2.24) is 5.32 Å². The average molecular weight is 259 g/mol. The molecule has 0 heterocycles. The van der Waals surface area contributed by atoms with Gasteiger partial charge in [-0.1, -0.05) is 12.1 Å². The van der Waals surface area contributed by atoms with Crippen molar-refractivity contribution in [1.29, 1.82) is 5.26 Å². The summed E-state index contributed by atoms with van der Waals surface area (Å²) >= 11 is 0. The first-order valence-electron chi connectivity index (χ1n) is 6.24. The zero-order valence-electron chi connectivity index (χ0n) is 11.9. The highest BCUT2D eigenvalue weighted by Gasteiger charge is 2.40. The molecule has 0 bridgehead atoms. The highest BCUT2D eigenvalue weighted by Crippen LogP contribution is 2.28.